The number of hydrogen-bond donors (Lipinski definition) is 2. The lowest BCUT2D eigenvalue weighted by Gasteiger charge is -2.20. The first-order valence-corrected chi connectivity index (χ1v) is 7.09. The Hall–Kier alpha value is -1.02. The van der Waals surface area contributed by atoms with Gasteiger partial charge in [-0.2, -0.15) is 0 Å². The molecule has 0 amide bonds. The molecule has 21 heavy (non-hydrogen) atoms. The van der Waals surface area contributed by atoms with Gasteiger partial charge in [0.2, 0.25) is 0 Å². The Kier molecular flexibility index (Phi) is 8.44. The summed E-state index contributed by atoms with van der Waals surface area (Å²) in [5.74, 6) is 0.849. The minimum absolute atomic E-state index is 0. The fourth-order valence-electron chi connectivity index (χ4n) is 2.41. The Bertz CT molecular complexity index is 427. The minimum atomic E-state index is 0. The van der Waals surface area contributed by atoms with Crippen molar-refractivity contribution in [1.82, 2.24) is 10.6 Å². The summed E-state index contributed by atoms with van der Waals surface area (Å²) in [5.41, 5.74) is 1.29. The van der Waals surface area contributed by atoms with Crippen molar-refractivity contribution in [2.45, 2.75) is 12.5 Å². The van der Waals surface area contributed by atoms with E-state index in [0.29, 0.717) is 12.6 Å². The van der Waals surface area contributed by atoms with E-state index in [1.165, 1.54) is 5.69 Å². The van der Waals surface area contributed by atoms with E-state index in [2.05, 4.69) is 50.9 Å². The van der Waals surface area contributed by atoms with Crippen molar-refractivity contribution in [3.05, 3.63) is 30.3 Å². The lowest BCUT2D eigenvalue weighted by atomic mass is 10.3. The first kappa shape index (κ1) is 18.0. The van der Waals surface area contributed by atoms with Gasteiger partial charge in [-0.15, -0.1) is 24.0 Å². The maximum Gasteiger partial charge on any atom is 0.191 e. The van der Waals surface area contributed by atoms with Crippen LogP contribution in [0, 0.1) is 0 Å². The van der Waals surface area contributed by atoms with Crippen molar-refractivity contribution >= 4 is 35.6 Å². The molecule has 0 radical (unpaired) electrons. The SMILES string of the molecule is CN=C(NCCOC)NC1CCN(c2ccccc2)C1.I. The number of hydrogen-bond acceptors (Lipinski definition) is 3. The second kappa shape index (κ2) is 9.83. The molecule has 6 heteroatoms. The predicted molar refractivity (Wildman–Crippen MR) is 98.8 cm³/mol. The topological polar surface area (TPSA) is 48.9 Å². The van der Waals surface area contributed by atoms with E-state index < -0.39 is 0 Å². The largest absolute Gasteiger partial charge is 0.383 e. The van der Waals surface area contributed by atoms with Gasteiger partial charge in [-0.3, -0.25) is 4.99 Å². The van der Waals surface area contributed by atoms with Gasteiger partial charge in [-0.25, -0.2) is 0 Å². The standard InChI is InChI=1S/C15H24N4O.HI/c1-16-15(17-9-11-20-2)18-13-8-10-19(12-13)14-6-4-3-5-7-14;/h3-7,13H,8-12H2,1-2H3,(H2,16,17,18);1H. The molecule has 1 aliphatic heterocycles. The van der Waals surface area contributed by atoms with Crippen molar-refractivity contribution in [3.8, 4) is 0 Å². The van der Waals surface area contributed by atoms with Gasteiger partial charge >= 0.3 is 0 Å². The number of methoxy groups -OCH3 is 1. The Morgan fingerprint density at radius 1 is 1.38 bits per heavy atom. The highest BCUT2D eigenvalue weighted by molar-refractivity contribution is 14.0. The zero-order valence-electron chi connectivity index (χ0n) is 12.7. The Morgan fingerprint density at radius 3 is 2.81 bits per heavy atom. The summed E-state index contributed by atoms with van der Waals surface area (Å²) in [5, 5.41) is 6.71. The Morgan fingerprint density at radius 2 is 2.14 bits per heavy atom. The van der Waals surface area contributed by atoms with Crippen LogP contribution in [0.25, 0.3) is 0 Å². The molecule has 5 nitrogen and oxygen atoms in total. The molecule has 1 atom stereocenters. The van der Waals surface area contributed by atoms with Crippen LogP contribution in [-0.4, -0.2) is 52.4 Å². The molecular formula is C15H25IN4O. The average molecular weight is 404 g/mol. The molecule has 2 N–H and O–H groups in total. The zero-order chi connectivity index (χ0) is 14.2. The van der Waals surface area contributed by atoms with Crippen LogP contribution in [0.1, 0.15) is 6.42 Å². The summed E-state index contributed by atoms with van der Waals surface area (Å²) < 4.78 is 5.03. The molecule has 0 bridgehead atoms. The van der Waals surface area contributed by atoms with Gasteiger partial charge in [0.15, 0.2) is 5.96 Å². The number of nitrogens with zero attached hydrogens (tertiary/aromatic N) is 2. The third kappa shape index (κ3) is 5.70. The molecule has 0 saturated carbocycles. The fraction of sp³-hybridized carbons (Fsp3) is 0.533. The quantitative estimate of drug-likeness (QED) is 0.340. The van der Waals surface area contributed by atoms with Gasteiger partial charge in [0, 0.05) is 45.5 Å². The van der Waals surface area contributed by atoms with Gasteiger partial charge < -0.3 is 20.3 Å². The maximum absolute atomic E-state index is 5.03. The van der Waals surface area contributed by atoms with Crippen LogP contribution in [0.2, 0.25) is 0 Å². The first-order chi connectivity index (χ1) is 9.83. The zero-order valence-corrected chi connectivity index (χ0v) is 15.0. The molecule has 118 valence electrons. The lowest BCUT2D eigenvalue weighted by molar-refractivity contribution is 0.203. The third-order valence-corrected chi connectivity index (χ3v) is 3.47. The molecule has 1 fully saturated rings. The maximum atomic E-state index is 5.03. The smallest absolute Gasteiger partial charge is 0.191 e. The summed E-state index contributed by atoms with van der Waals surface area (Å²) in [7, 11) is 3.50. The molecule has 1 aromatic carbocycles. The monoisotopic (exact) mass is 404 g/mol. The highest BCUT2D eigenvalue weighted by Crippen LogP contribution is 2.19. The van der Waals surface area contributed by atoms with Crippen molar-refractivity contribution in [3.63, 3.8) is 0 Å². The van der Waals surface area contributed by atoms with E-state index in [1.807, 2.05) is 0 Å². The second-order valence-corrected chi connectivity index (χ2v) is 4.90. The summed E-state index contributed by atoms with van der Waals surface area (Å²) >= 11 is 0. The van der Waals surface area contributed by atoms with Crippen LogP contribution < -0.4 is 15.5 Å². The molecule has 1 saturated heterocycles. The van der Waals surface area contributed by atoms with Crippen molar-refractivity contribution in [1.29, 1.82) is 0 Å². The van der Waals surface area contributed by atoms with Gasteiger partial charge in [-0.05, 0) is 18.6 Å². The van der Waals surface area contributed by atoms with Gasteiger partial charge in [0.05, 0.1) is 6.61 Å². The summed E-state index contributed by atoms with van der Waals surface area (Å²) in [6.07, 6.45) is 1.12. The van der Waals surface area contributed by atoms with E-state index in [0.717, 1.165) is 32.0 Å². The number of rotatable bonds is 5. The van der Waals surface area contributed by atoms with Crippen molar-refractivity contribution in [2.75, 3.05) is 45.3 Å². The van der Waals surface area contributed by atoms with E-state index >= 15 is 0 Å². The molecular weight excluding hydrogens is 379 g/mol. The normalized spacial score (nSPS) is 18.3. The van der Waals surface area contributed by atoms with Crippen LogP contribution in [0.5, 0.6) is 0 Å². The molecule has 1 aliphatic rings. The van der Waals surface area contributed by atoms with E-state index in [-0.39, 0.29) is 24.0 Å². The second-order valence-electron chi connectivity index (χ2n) is 4.90. The first-order valence-electron chi connectivity index (χ1n) is 7.09. The molecule has 1 heterocycles. The summed E-state index contributed by atoms with van der Waals surface area (Å²) in [6.45, 7) is 3.54. The molecule has 0 spiro atoms. The minimum Gasteiger partial charge on any atom is -0.383 e. The van der Waals surface area contributed by atoms with E-state index in [9.17, 15) is 0 Å². The number of halogens is 1. The van der Waals surface area contributed by atoms with Gasteiger partial charge in [-0.1, -0.05) is 18.2 Å². The Labute approximate surface area is 144 Å². The van der Waals surface area contributed by atoms with E-state index in [1.54, 1.807) is 14.2 Å². The summed E-state index contributed by atoms with van der Waals surface area (Å²) in [4.78, 5) is 6.64. The molecule has 1 unspecified atom stereocenters. The highest BCUT2D eigenvalue weighted by Gasteiger charge is 2.23. The molecule has 0 aliphatic carbocycles. The third-order valence-electron chi connectivity index (χ3n) is 3.47. The number of aliphatic imine (C=N–C) groups is 1. The number of guanidine groups is 1. The number of ether oxygens (including phenoxy) is 1. The van der Waals surface area contributed by atoms with Crippen molar-refractivity contribution in [2.24, 2.45) is 4.99 Å². The number of para-hydroxylation sites is 1. The van der Waals surface area contributed by atoms with E-state index in [4.69, 9.17) is 4.74 Å². The van der Waals surface area contributed by atoms with Crippen LogP contribution in [0.15, 0.2) is 35.3 Å². The number of nitrogens with one attached hydrogen (secondary N) is 2. The average Bonchev–Trinajstić information content (AvgIpc) is 2.96. The lowest BCUT2D eigenvalue weighted by Crippen LogP contribution is -2.45. The number of benzene rings is 1. The predicted octanol–water partition coefficient (Wildman–Crippen LogP) is 1.69. The van der Waals surface area contributed by atoms with Crippen LogP contribution >= 0.6 is 24.0 Å². The molecule has 1 aromatic rings. The number of anilines is 1. The van der Waals surface area contributed by atoms with Gasteiger partial charge in [0.1, 0.15) is 0 Å². The van der Waals surface area contributed by atoms with Crippen LogP contribution in [0.3, 0.4) is 0 Å². The molecule has 0 aromatic heterocycles. The van der Waals surface area contributed by atoms with Crippen LogP contribution in [-0.2, 0) is 4.74 Å². The Balaban J connectivity index is 0.00000220. The fourth-order valence-corrected chi connectivity index (χ4v) is 2.41. The highest BCUT2D eigenvalue weighted by atomic mass is 127. The van der Waals surface area contributed by atoms with Crippen molar-refractivity contribution < 1.29 is 4.74 Å². The summed E-state index contributed by atoms with van der Waals surface area (Å²) in [6, 6.07) is 11.0. The van der Waals surface area contributed by atoms with Crippen LogP contribution in [0.4, 0.5) is 5.69 Å². The molecule has 2 rings (SSSR count). The van der Waals surface area contributed by atoms with Gasteiger partial charge in [0.25, 0.3) is 0 Å².